The lowest BCUT2D eigenvalue weighted by Gasteiger charge is -2.38. The quantitative estimate of drug-likeness (QED) is 0.411. The fourth-order valence-corrected chi connectivity index (χ4v) is 5.18. The van der Waals surface area contributed by atoms with E-state index in [-0.39, 0.29) is 12.5 Å². The van der Waals surface area contributed by atoms with Crippen LogP contribution in [0.2, 0.25) is 0 Å². The van der Waals surface area contributed by atoms with E-state index in [2.05, 4.69) is 68.8 Å². The van der Waals surface area contributed by atoms with Gasteiger partial charge in [-0.3, -0.25) is 4.79 Å². The zero-order chi connectivity index (χ0) is 25.2. The summed E-state index contributed by atoms with van der Waals surface area (Å²) in [4.78, 5) is 35.6. The summed E-state index contributed by atoms with van der Waals surface area (Å²) in [5.74, 6) is 1.59. The number of aromatic nitrogens is 4. The van der Waals surface area contributed by atoms with Crippen LogP contribution >= 0.6 is 0 Å². The van der Waals surface area contributed by atoms with E-state index in [1.165, 1.54) is 22.5 Å². The highest BCUT2D eigenvalue weighted by molar-refractivity contribution is 5.94. The Morgan fingerprint density at radius 1 is 1.03 bits per heavy atom. The van der Waals surface area contributed by atoms with Gasteiger partial charge < -0.3 is 24.4 Å². The Kier molecular flexibility index (Phi) is 6.18. The molecule has 9 heteroatoms. The second-order valence-electron chi connectivity index (χ2n) is 9.27. The number of nitrogens with zero attached hydrogens (tertiary/aromatic N) is 6. The maximum absolute atomic E-state index is 12.1. The number of piperazine rings is 1. The molecule has 37 heavy (non-hydrogen) atoms. The van der Waals surface area contributed by atoms with E-state index < -0.39 is 0 Å². The molecule has 2 aliphatic rings. The average molecular weight is 496 g/mol. The van der Waals surface area contributed by atoms with Crippen molar-refractivity contribution in [1.29, 1.82) is 0 Å². The third-order valence-corrected chi connectivity index (χ3v) is 7.09. The van der Waals surface area contributed by atoms with Crippen LogP contribution in [0.3, 0.4) is 0 Å². The van der Waals surface area contributed by atoms with Crippen LogP contribution < -0.4 is 14.5 Å². The van der Waals surface area contributed by atoms with Gasteiger partial charge in [-0.05, 0) is 23.9 Å². The number of amides is 1. The number of benzene rings is 2. The number of aromatic amines is 1. The number of anilines is 2. The minimum absolute atomic E-state index is 0.0300. The molecule has 1 N–H and O–H groups in total. The van der Waals surface area contributed by atoms with Crippen LogP contribution in [-0.4, -0.2) is 63.5 Å². The van der Waals surface area contributed by atoms with E-state index >= 15 is 0 Å². The molecule has 1 saturated heterocycles. The van der Waals surface area contributed by atoms with Crippen LogP contribution in [0.5, 0.6) is 6.01 Å². The van der Waals surface area contributed by atoms with Crippen molar-refractivity contribution in [2.45, 2.75) is 19.6 Å². The van der Waals surface area contributed by atoms with E-state index in [4.69, 9.17) is 14.7 Å². The molecule has 0 atom stereocenters. The first-order chi connectivity index (χ1) is 18.2. The molecule has 188 valence electrons. The van der Waals surface area contributed by atoms with Gasteiger partial charge in [-0.15, -0.1) is 0 Å². The maximum atomic E-state index is 12.1. The fourth-order valence-electron chi connectivity index (χ4n) is 5.18. The van der Waals surface area contributed by atoms with Crippen LogP contribution in [0.15, 0.2) is 67.5 Å². The number of rotatable bonds is 6. The molecule has 9 nitrogen and oxygen atoms in total. The molecule has 0 saturated carbocycles. The van der Waals surface area contributed by atoms with Gasteiger partial charge in [0, 0.05) is 61.8 Å². The van der Waals surface area contributed by atoms with Crippen LogP contribution in [-0.2, 0) is 24.4 Å². The van der Waals surface area contributed by atoms with Crippen molar-refractivity contribution < 1.29 is 9.53 Å². The predicted octanol–water partition coefficient (Wildman–Crippen LogP) is 3.33. The summed E-state index contributed by atoms with van der Waals surface area (Å²) in [5, 5.41) is 2.46. The third-order valence-electron chi connectivity index (χ3n) is 7.09. The van der Waals surface area contributed by atoms with Crippen molar-refractivity contribution in [2.24, 2.45) is 0 Å². The number of hydrogen-bond donors (Lipinski definition) is 1. The normalized spacial score (nSPS) is 15.5. The van der Waals surface area contributed by atoms with Gasteiger partial charge in [0.15, 0.2) is 0 Å². The summed E-state index contributed by atoms with van der Waals surface area (Å²) < 4.78 is 6.00. The highest BCUT2D eigenvalue weighted by Crippen LogP contribution is 2.34. The van der Waals surface area contributed by atoms with Crippen molar-refractivity contribution in [3.63, 3.8) is 0 Å². The fraction of sp³-hybridized carbons (Fsp3) is 0.286. The first kappa shape index (κ1) is 23.0. The predicted molar refractivity (Wildman–Crippen MR) is 143 cm³/mol. The Hall–Kier alpha value is -4.40. The second kappa shape index (κ2) is 9.93. The van der Waals surface area contributed by atoms with Gasteiger partial charge in [0.2, 0.25) is 5.91 Å². The molecular formula is C28H29N7O2. The molecule has 4 heterocycles. The number of hydrogen-bond acceptors (Lipinski definition) is 7. The number of carbonyl (C=O) groups excluding carboxylic acids is 1. The minimum atomic E-state index is -0.0300. The van der Waals surface area contributed by atoms with Gasteiger partial charge in [0.1, 0.15) is 18.2 Å². The molecule has 2 aromatic heterocycles. The zero-order valence-electron chi connectivity index (χ0n) is 20.6. The average Bonchev–Trinajstić information content (AvgIpc) is 3.48. The zero-order valence-corrected chi connectivity index (χ0v) is 20.6. The minimum Gasteiger partial charge on any atom is -0.455 e. The standard InChI is InChI=1S/C28H29N7O2/c1-2-26(36)33-14-16-34(17-15-33)27-22-10-13-35(24-9-5-7-20-6-3-4-8-21(20)24)18-23(22)31-28(32-27)37-19-25-29-11-12-30-25/h2-9,11-12H,1,10,13-19H2,(H,29,30). The van der Waals surface area contributed by atoms with Gasteiger partial charge >= 0.3 is 6.01 Å². The van der Waals surface area contributed by atoms with Gasteiger partial charge in [0.25, 0.3) is 0 Å². The first-order valence-corrected chi connectivity index (χ1v) is 12.6. The van der Waals surface area contributed by atoms with Crippen LogP contribution in [0.25, 0.3) is 10.8 Å². The largest absolute Gasteiger partial charge is 0.455 e. The maximum Gasteiger partial charge on any atom is 0.319 e. The summed E-state index contributed by atoms with van der Waals surface area (Å²) in [6.07, 6.45) is 5.68. The Morgan fingerprint density at radius 3 is 2.68 bits per heavy atom. The number of imidazole rings is 1. The summed E-state index contributed by atoms with van der Waals surface area (Å²) in [6.45, 7) is 8.10. The number of H-pyrrole nitrogens is 1. The highest BCUT2D eigenvalue weighted by atomic mass is 16.5. The molecule has 1 fully saturated rings. The van der Waals surface area contributed by atoms with Crippen molar-refractivity contribution in [2.75, 3.05) is 42.5 Å². The molecule has 0 aliphatic carbocycles. The first-order valence-electron chi connectivity index (χ1n) is 12.6. The Labute approximate surface area is 215 Å². The molecule has 0 bridgehead atoms. The lowest BCUT2D eigenvalue weighted by atomic mass is 10.0. The van der Waals surface area contributed by atoms with Crippen LogP contribution in [0.1, 0.15) is 17.1 Å². The highest BCUT2D eigenvalue weighted by Gasteiger charge is 2.29. The Bertz CT molecular complexity index is 1420. The van der Waals surface area contributed by atoms with E-state index in [1.807, 2.05) is 4.90 Å². The lowest BCUT2D eigenvalue weighted by molar-refractivity contribution is -0.126. The van der Waals surface area contributed by atoms with Crippen molar-refractivity contribution in [3.05, 3.63) is 84.6 Å². The van der Waals surface area contributed by atoms with Gasteiger partial charge in [0.05, 0.1) is 12.2 Å². The van der Waals surface area contributed by atoms with E-state index in [1.54, 1.807) is 12.4 Å². The molecular weight excluding hydrogens is 466 g/mol. The molecule has 2 aliphatic heterocycles. The van der Waals surface area contributed by atoms with Crippen LogP contribution in [0, 0.1) is 0 Å². The molecule has 0 unspecified atom stereocenters. The number of fused-ring (bicyclic) bond motifs is 2. The van der Waals surface area contributed by atoms with Crippen molar-refractivity contribution in [1.82, 2.24) is 24.8 Å². The van der Waals surface area contributed by atoms with Crippen LogP contribution in [0.4, 0.5) is 11.5 Å². The van der Waals surface area contributed by atoms with E-state index in [0.29, 0.717) is 38.7 Å². The second-order valence-corrected chi connectivity index (χ2v) is 9.27. The molecule has 0 spiro atoms. The number of carbonyl (C=O) groups is 1. The molecule has 4 aromatic rings. The van der Waals surface area contributed by atoms with Gasteiger partial charge in [-0.25, -0.2) is 4.98 Å². The topological polar surface area (TPSA) is 90.5 Å². The molecule has 0 radical (unpaired) electrons. The lowest BCUT2D eigenvalue weighted by Crippen LogP contribution is -2.49. The van der Waals surface area contributed by atoms with Crippen molar-refractivity contribution in [3.8, 4) is 6.01 Å². The molecule has 1 amide bonds. The van der Waals surface area contributed by atoms with E-state index in [0.717, 1.165) is 35.9 Å². The Morgan fingerprint density at radius 2 is 1.86 bits per heavy atom. The number of ether oxygens (including phenoxy) is 1. The smallest absolute Gasteiger partial charge is 0.319 e. The Balaban J connectivity index is 1.31. The molecule has 6 rings (SSSR count). The summed E-state index contributed by atoms with van der Waals surface area (Å²) in [7, 11) is 0. The summed E-state index contributed by atoms with van der Waals surface area (Å²) >= 11 is 0. The number of nitrogens with one attached hydrogen (secondary N) is 1. The van der Waals surface area contributed by atoms with Gasteiger partial charge in [-0.2, -0.15) is 9.97 Å². The monoisotopic (exact) mass is 495 g/mol. The summed E-state index contributed by atoms with van der Waals surface area (Å²) in [6, 6.07) is 15.3. The van der Waals surface area contributed by atoms with Crippen molar-refractivity contribution >= 4 is 28.2 Å². The van der Waals surface area contributed by atoms with Gasteiger partial charge in [-0.1, -0.05) is 43.0 Å². The third kappa shape index (κ3) is 4.60. The molecule has 2 aromatic carbocycles. The summed E-state index contributed by atoms with van der Waals surface area (Å²) in [5.41, 5.74) is 3.34. The SMILES string of the molecule is C=CC(=O)N1CCN(c2nc(OCc3ncc[nH]3)nc3c2CCN(c2cccc4ccccc24)C3)CC1. The van der Waals surface area contributed by atoms with E-state index in [9.17, 15) is 4.79 Å².